The molecule has 18 heavy (non-hydrogen) atoms. The van der Waals surface area contributed by atoms with Crippen LogP contribution in [0.25, 0.3) is 0 Å². The van der Waals surface area contributed by atoms with Crippen molar-refractivity contribution in [3.63, 3.8) is 0 Å². The lowest BCUT2D eigenvalue weighted by molar-refractivity contribution is 0.152. The van der Waals surface area contributed by atoms with E-state index in [1.165, 1.54) is 4.90 Å². The molecule has 4 nitrogen and oxygen atoms in total. The van der Waals surface area contributed by atoms with Crippen LogP contribution in [-0.2, 0) is 6.54 Å². The summed E-state index contributed by atoms with van der Waals surface area (Å²) in [5, 5.41) is 8.98. The van der Waals surface area contributed by atoms with Gasteiger partial charge in [-0.1, -0.05) is 0 Å². The number of aliphatic hydroxyl groups is 1. The van der Waals surface area contributed by atoms with Crippen LogP contribution in [0, 0.1) is 13.8 Å². The van der Waals surface area contributed by atoms with Crippen molar-refractivity contribution in [1.29, 1.82) is 0 Å². The van der Waals surface area contributed by atoms with Gasteiger partial charge in [0.15, 0.2) is 0 Å². The number of aliphatic hydroxyl groups excluding tert-OH is 1. The maximum atomic E-state index is 12.6. The lowest BCUT2D eigenvalue weighted by Crippen LogP contribution is -2.33. The first-order valence-corrected chi connectivity index (χ1v) is 5.80. The highest BCUT2D eigenvalue weighted by atomic mass is 19.3. The molecule has 3 N–H and O–H groups in total. The van der Waals surface area contributed by atoms with Gasteiger partial charge in [-0.15, -0.1) is 0 Å². The van der Waals surface area contributed by atoms with Crippen molar-refractivity contribution < 1.29 is 13.9 Å². The number of rotatable bonds is 6. The number of nitrogens with two attached hydrogens (primary N) is 1. The van der Waals surface area contributed by atoms with Gasteiger partial charge in [0.05, 0.1) is 13.2 Å². The molecule has 0 aliphatic rings. The fourth-order valence-electron chi connectivity index (χ4n) is 1.97. The Labute approximate surface area is 105 Å². The number of aryl methyl sites for hydroxylation is 2. The number of hydrogen-bond donors (Lipinski definition) is 2. The minimum absolute atomic E-state index is 0.153. The van der Waals surface area contributed by atoms with Gasteiger partial charge in [0.1, 0.15) is 0 Å². The van der Waals surface area contributed by atoms with E-state index in [9.17, 15) is 8.78 Å². The molecule has 1 aromatic rings. The zero-order valence-electron chi connectivity index (χ0n) is 10.7. The molecule has 0 saturated heterocycles. The second-order valence-corrected chi connectivity index (χ2v) is 4.11. The van der Waals surface area contributed by atoms with Gasteiger partial charge in [-0.2, -0.15) is 0 Å². The summed E-state index contributed by atoms with van der Waals surface area (Å²) in [6, 6.07) is 1.73. The molecule has 6 heteroatoms. The van der Waals surface area contributed by atoms with E-state index >= 15 is 0 Å². The average Bonchev–Trinajstić information content (AvgIpc) is 2.27. The minimum Gasteiger partial charge on any atom is -0.395 e. The summed E-state index contributed by atoms with van der Waals surface area (Å²) in [4.78, 5) is 5.72. The number of aromatic nitrogens is 1. The Bertz CT molecular complexity index is 399. The number of pyridine rings is 1. The Morgan fingerprint density at radius 1 is 1.44 bits per heavy atom. The van der Waals surface area contributed by atoms with E-state index in [2.05, 4.69) is 4.98 Å². The molecule has 1 heterocycles. The van der Waals surface area contributed by atoms with E-state index in [0.717, 1.165) is 17.0 Å². The maximum Gasteiger partial charge on any atom is 0.255 e. The van der Waals surface area contributed by atoms with E-state index in [4.69, 9.17) is 10.8 Å². The number of nitrogens with zero attached hydrogens (tertiary/aromatic N) is 2. The van der Waals surface area contributed by atoms with Gasteiger partial charge in [-0.3, -0.25) is 4.98 Å². The van der Waals surface area contributed by atoms with E-state index in [0.29, 0.717) is 5.69 Å². The van der Waals surface area contributed by atoms with E-state index < -0.39 is 13.0 Å². The third kappa shape index (κ3) is 3.61. The van der Waals surface area contributed by atoms with Crippen LogP contribution in [0.4, 0.5) is 14.5 Å². The van der Waals surface area contributed by atoms with Crippen molar-refractivity contribution in [2.75, 3.05) is 24.6 Å². The number of alkyl halides is 2. The summed E-state index contributed by atoms with van der Waals surface area (Å²) in [6.45, 7) is 3.39. The monoisotopic (exact) mass is 259 g/mol. The van der Waals surface area contributed by atoms with Crippen molar-refractivity contribution in [2.45, 2.75) is 26.8 Å². The molecule has 0 aliphatic carbocycles. The van der Waals surface area contributed by atoms with Crippen LogP contribution in [0.5, 0.6) is 0 Å². The Hall–Kier alpha value is -1.27. The van der Waals surface area contributed by atoms with Crippen molar-refractivity contribution in [2.24, 2.45) is 5.73 Å². The van der Waals surface area contributed by atoms with Gasteiger partial charge >= 0.3 is 0 Å². The molecule has 1 rings (SSSR count). The van der Waals surface area contributed by atoms with Crippen molar-refractivity contribution in [1.82, 2.24) is 4.98 Å². The molecule has 0 atom stereocenters. The topological polar surface area (TPSA) is 62.4 Å². The number of anilines is 1. The zero-order valence-corrected chi connectivity index (χ0v) is 10.7. The van der Waals surface area contributed by atoms with Gasteiger partial charge < -0.3 is 15.7 Å². The molecule has 0 saturated carbocycles. The first kappa shape index (κ1) is 14.8. The molecule has 1 aromatic heterocycles. The van der Waals surface area contributed by atoms with E-state index in [1.54, 1.807) is 19.9 Å². The summed E-state index contributed by atoms with van der Waals surface area (Å²) in [6.07, 6.45) is -2.46. The molecule has 0 bridgehead atoms. The largest absolute Gasteiger partial charge is 0.395 e. The second-order valence-electron chi connectivity index (χ2n) is 4.11. The van der Waals surface area contributed by atoms with Crippen LogP contribution in [0.1, 0.15) is 17.0 Å². The maximum absolute atomic E-state index is 12.6. The molecule has 0 unspecified atom stereocenters. The third-order valence-electron chi connectivity index (χ3n) is 2.71. The zero-order chi connectivity index (χ0) is 13.7. The van der Waals surface area contributed by atoms with Crippen molar-refractivity contribution in [3.8, 4) is 0 Å². The third-order valence-corrected chi connectivity index (χ3v) is 2.71. The van der Waals surface area contributed by atoms with Crippen LogP contribution in [-0.4, -0.2) is 36.2 Å². The van der Waals surface area contributed by atoms with E-state index in [1.807, 2.05) is 0 Å². The molecule has 0 aliphatic heterocycles. The standard InChI is InChI=1S/C12H19F2N3O/c1-8-5-11(10(6-15)9(2)16-8)17(3-4-18)7-12(13)14/h5,12,18H,3-4,6-7,15H2,1-2H3. The SMILES string of the molecule is Cc1cc(N(CCO)CC(F)F)c(CN)c(C)n1. The van der Waals surface area contributed by atoms with Crippen LogP contribution in [0.15, 0.2) is 6.07 Å². The second kappa shape index (κ2) is 6.61. The summed E-state index contributed by atoms with van der Waals surface area (Å²) in [5.41, 5.74) is 8.52. The summed E-state index contributed by atoms with van der Waals surface area (Å²) < 4.78 is 25.1. The van der Waals surface area contributed by atoms with Crippen LogP contribution < -0.4 is 10.6 Å². The first-order chi connectivity index (χ1) is 8.49. The number of hydrogen-bond acceptors (Lipinski definition) is 4. The molecule has 0 fully saturated rings. The first-order valence-electron chi connectivity index (χ1n) is 5.80. The highest BCUT2D eigenvalue weighted by Gasteiger charge is 2.17. The molecule has 0 spiro atoms. The van der Waals surface area contributed by atoms with Crippen LogP contribution in [0.3, 0.4) is 0 Å². The molecule has 0 radical (unpaired) electrons. The van der Waals surface area contributed by atoms with E-state index in [-0.39, 0.29) is 19.7 Å². The lowest BCUT2D eigenvalue weighted by atomic mass is 10.1. The van der Waals surface area contributed by atoms with Gasteiger partial charge in [-0.25, -0.2) is 8.78 Å². The predicted molar refractivity (Wildman–Crippen MR) is 66.9 cm³/mol. The van der Waals surface area contributed by atoms with Crippen molar-refractivity contribution >= 4 is 5.69 Å². The quantitative estimate of drug-likeness (QED) is 0.806. The van der Waals surface area contributed by atoms with Gasteiger partial charge in [0, 0.05) is 35.7 Å². The summed E-state index contributed by atoms with van der Waals surface area (Å²) in [5.74, 6) is 0. The molecular formula is C12H19F2N3O. The Kier molecular flexibility index (Phi) is 5.43. The van der Waals surface area contributed by atoms with Crippen molar-refractivity contribution in [3.05, 3.63) is 23.0 Å². The fraction of sp³-hybridized carbons (Fsp3) is 0.583. The molecule has 0 amide bonds. The highest BCUT2D eigenvalue weighted by molar-refractivity contribution is 5.56. The average molecular weight is 259 g/mol. The number of halogens is 2. The predicted octanol–water partition coefficient (Wildman–Crippen LogP) is 1.22. The van der Waals surface area contributed by atoms with Gasteiger partial charge in [0.25, 0.3) is 6.43 Å². The summed E-state index contributed by atoms with van der Waals surface area (Å²) in [7, 11) is 0. The Morgan fingerprint density at radius 2 is 2.11 bits per heavy atom. The summed E-state index contributed by atoms with van der Waals surface area (Å²) >= 11 is 0. The molecular weight excluding hydrogens is 240 g/mol. The Balaban J connectivity index is 3.16. The molecule has 0 aromatic carbocycles. The van der Waals surface area contributed by atoms with Crippen LogP contribution in [0.2, 0.25) is 0 Å². The smallest absolute Gasteiger partial charge is 0.255 e. The lowest BCUT2D eigenvalue weighted by Gasteiger charge is -2.26. The fourth-order valence-corrected chi connectivity index (χ4v) is 1.97. The highest BCUT2D eigenvalue weighted by Crippen LogP contribution is 2.24. The van der Waals surface area contributed by atoms with Crippen LogP contribution >= 0.6 is 0 Å². The van der Waals surface area contributed by atoms with Gasteiger partial charge in [-0.05, 0) is 19.9 Å². The molecule has 102 valence electrons. The minimum atomic E-state index is -2.46. The normalized spacial score (nSPS) is 11.1. The Morgan fingerprint density at radius 3 is 2.61 bits per heavy atom. The van der Waals surface area contributed by atoms with Gasteiger partial charge in [0.2, 0.25) is 0 Å².